The summed E-state index contributed by atoms with van der Waals surface area (Å²) in [6.45, 7) is 4.61. The van der Waals surface area contributed by atoms with Crippen molar-refractivity contribution in [2.24, 2.45) is 5.92 Å². The number of hydrogen-bond donors (Lipinski definition) is 2. The van der Waals surface area contributed by atoms with Crippen molar-refractivity contribution in [1.29, 1.82) is 0 Å². The summed E-state index contributed by atoms with van der Waals surface area (Å²) in [4.78, 5) is 0. The van der Waals surface area contributed by atoms with Crippen molar-refractivity contribution in [3.05, 3.63) is 22.8 Å². The fourth-order valence-electron chi connectivity index (χ4n) is 5.07. The Hall–Kier alpha value is -1.18. The third kappa shape index (κ3) is 3.73. The molecule has 0 heterocycles. The van der Waals surface area contributed by atoms with Gasteiger partial charge in [0.25, 0.3) is 0 Å². The summed E-state index contributed by atoms with van der Waals surface area (Å²) >= 11 is 0. The minimum Gasteiger partial charge on any atom is -0.398 e. The Kier molecular flexibility index (Phi) is 5.73. The van der Waals surface area contributed by atoms with Gasteiger partial charge in [-0.25, -0.2) is 0 Å². The van der Waals surface area contributed by atoms with E-state index >= 15 is 0 Å². The van der Waals surface area contributed by atoms with Crippen molar-refractivity contribution in [2.45, 2.75) is 96.3 Å². The molecule has 24 heavy (non-hydrogen) atoms. The van der Waals surface area contributed by atoms with Gasteiger partial charge in [-0.05, 0) is 67.1 Å². The van der Waals surface area contributed by atoms with Gasteiger partial charge in [-0.2, -0.15) is 0 Å². The molecule has 2 saturated carbocycles. The van der Waals surface area contributed by atoms with E-state index in [2.05, 4.69) is 19.9 Å². The lowest BCUT2D eigenvalue weighted by atomic mass is 9.76. The smallest absolute Gasteiger partial charge is 0.0405 e. The molecule has 1 aromatic carbocycles. The van der Waals surface area contributed by atoms with Gasteiger partial charge in [0, 0.05) is 16.9 Å². The SMILES string of the molecule is CC(C)Cc1c(C2CCCCC2)cc(N)c(C2CCCCC2)c1N. The van der Waals surface area contributed by atoms with Crippen LogP contribution in [0.1, 0.15) is 107 Å². The second-order valence-electron chi connectivity index (χ2n) is 8.63. The van der Waals surface area contributed by atoms with Gasteiger partial charge >= 0.3 is 0 Å². The van der Waals surface area contributed by atoms with Crippen molar-refractivity contribution in [3.63, 3.8) is 0 Å². The summed E-state index contributed by atoms with van der Waals surface area (Å²) in [5.41, 5.74) is 19.6. The van der Waals surface area contributed by atoms with Crippen molar-refractivity contribution in [3.8, 4) is 0 Å². The van der Waals surface area contributed by atoms with E-state index in [0.29, 0.717) is 17.8 Å². The number of anilines is 2. The number of rotatable bonds is 4. The van der Waals surface area contributed by atoms with Crippen molar-refractivity contribution < 1.29 is 0 Å². The molecule has 2 aliphatic rings. The Balaban J connectivity index is 2.02. The molecule has 2 nitrogen and oxygen atoms in total. The van der Waals surface area contributed by atoms with Crippen LogP contribution in [0.15, 0.2) is 6.07 Å². The van der Waals surface area contributed by atoms with E-state index in [1.807, 2.05) is 0 Å². The minimum absolute atomic E-state index is 0.588. The highest BCUT2D eigenvalue weighted by atomic mass is 14.6. The molecule has 0 unspecified atom stereocenters. The highest BCUT2D eigenvalue weighted by Gasteiger charge is 2.27. The molecule has 0 radical (unpaired) electrons. The second kappa shape index (κ2) is 7.80. The van der Waals surface area contributed by atoms with E-state index in [0.717, 1.165) is 17.8 Å². The van der Waals surface area contributed by atoms with Gasteiger partial charge in [-0.3, -0.25) is 0 Å². The average molecular weight is 329 g/mol. The highest BCUT2D eigenvalue weighted by molar-refractivity contribution is 5.70. The van der Waals surface area contributed by atoms with Gasteiger partial charge < -0.3 is 11.5 Å². The van der Waals surface area contributed by atoms with Crippen LogP contribution >= 0.6 is 0 Å². The fraction of sp³-hybridized carbons (Fsp3) is 0.727. The molecule has 0 atom stereocenters. The molecule has 0 aliphatic heterocycles. The zero-order valence-electron chi connectivity index (χ0n) is 15.7. The number of nitrogen functional groups attached to an aromatic ring is 2. The number of nitrogens with two attached hydrogens (primary N) is 2. The van der Waals surface area contributed by atoms with Crippen LogP contribution < -0.4 is 11.5 Å². The monoisotopic (exact) mass is 328 g/mol. The molecule has 1 aromatic rings. The lowest BCUT2D eigenvalue weighted by Crippen LogP contribution is -2.17. The van der Waals surface area contributed by atoms with Crippen LogP contribution in [0.25, 0.3) is 0 Å². The highest BCUT2D eigenvalue weighted by Crippen LogP contribution is 2.45. The fourth-order valence-corrected chi connectivity index (χ4v) is 5.07. The van der Waals surface area contributed by atoms with Crippen LogP contribution in [-0.4, -0.2) is 0 Å². The largest absolute Gasteiger partial charge is 0.398 e. The van der Waals surface area contributed by atoms with E-state index in [4.69, 9.17) is 11.5 Å². The van der Waals surface area contributed by atoms with Gasteiger partial charge in [0.1, 0.15) is 0 Å². The Morgan fingerprint density at radius 2 is 1.42 bits per heavy atom. The number of benzene rings is 1. The third-order valence-electron chi connectivity index (χ3n) is 6.26. The summed E-state index contributed by atoms with van der Waals surface area (Å²) in [5, 5.41) is 0. The number of hydrogen-bond acceptors (Lipinski definition) is 2. The lowest BCUT2D eigenvalue weighted by Gasteiger charge is -2.31. The normalized spacial score (nSPS) is 20.6. The van der Waals surface area contributed by atoms with Gasteiger partial charge in [-0.15, -0.1) is 0 Å². The van der Waals surface area contributed by atoms with Crippen LogP contribution in [0.3, 0.4) is 0 Å². The van der Waals surface area contributed by atoms with Crippen LogP contribution in [0.2, 0.25) is 0 Å². The lowest BCUT2D eigenvalue weighted by molar-refractivity contribution is 0.437. The van der Waals surface area contributed by atoms with Crippen molar-refractivity contribution >= 4 is 11.4 Å². The topological polar surface area (TPSA) is 52.0 Å². The molecule has 2 fully saturated rings. The minimum atomic E-state index is 0.588. The van der Waals surface area contributed by atoms with E-state index in [9.17, 15) is 0 Å². The standard InChI is InChI=1S/C22H36N2/c1-15(2)13-19-18(16-9-5-3-6-10-16)14-20(23)21(22(19)24)17-11-7-4-8-12-17/h14-17H,3-13,23-24H2,1-2H3. The molecular formula is C22H36N2. The zero-order chi connectivity index (χ0) is 17.1. The van der Waals surface area contributed by atoms with Crippen molar-refractivity contribution in [1.82, 2.24) is 0 Å². The second-order valence-corrected chi connectivity index (χ2v) is 8.63. The van der Waals surface area contributed by atoms with Crippen molar-refractivity contribution in [2.75, 3.05) is 11.5 Å². The first-order valence-electron chi connectivity index (χ1n) is 10.3. The van der Waals surface area contributed by atoms with Gasteiger partial charge in [0.05, 0.1) is 0 Å². The van der Waals surface area contributed by atoms with Gasteiger partial charge in [-0.1, -0.05) is 52.4 Å². The molecule has 0 saturated heterocycles. The first-order valence-corrected chi connectivity index (χ1v) is 10.3. The first-order chi connectivity index (χ1) is 11.6. The quantitative estimate of drug-likeness (QED) is 0.652. The molecule has 0 aromatic heterocycles. The Morgan fingerprint density at radius 1 is 0.875 bits per heavy atom. The maximum Gasteiger partial charge on any atom is 0.0405 e. The maximum atomic E-state index is 6.79. The Labute approximate surface area is 148 Å². The molecule has 134 valence electrons. The molecule has 2 heteroatoms. The van der Waals surface area contributed by atoms with Crippen LogP contribution in [-0.2, 0) is 6.42 Å². The van der Waals surface area contributed by atoms with Crippen LogP contribution in [0, 0.1) is 5.92 Å². The molecule has 2 aliphatic carbocycles. The predicted octanol–water partition coefficient (Wildman–Crippen LogP) is 6.14. The first kappa shape index (κ1) is 17.6. The van der Waals surface area contributed by atoms with Gasteiger partial charge in [0.15, 0.2) is 0 Å². The summed E-state index contributed by atoms with van der Waals surface area (Å²) in [6.07, 6.45) is 14.4. The molecule has 0 bridgehead atoms. The third-order valence-corrected chi connectivity index (χ3v) is 6.26. The average Bonchev–Trinajstić information content (AvgIpc) is 2.59. The predicted molar refractivity (Wildman–Crippen MR) is 105 cm³/mol. The van der Waals surface area contributed by atoms with Crippen LogP contribution in [0.4, 0.5) is 11.4 Å². The summed E-state index contributed by atoms with van der Waals surface area (Å²) < 4.78 is 0. The van der Waals surface area contributed by atoms with E-state index in [1.165, 1.54) is 80.9 Å². The molecule has 0 spiro atoms. The van der Waals surface area contributed by atoms with E-state index in [-0.39, 0.29) is 0 Å². The molecular weight excluding hydrogens is 292 g/mol. The summed E-state index contributed by atoms with van der Waals surface area (Å²) in [5.74, 6) is 1.90. The van der Waals surface area contributed by atoms with E-state index in [1.54, 1.807) is 0 Å². The summed E-state index contributed by atoms with van der Waals surface area (Å²) in [7, 11) is 0. The molecule has 0 amide bonds. The Morgan fingerprint density at radius 3 is 1.96 bits per heavy atom. The van der Waals surface area contributed by atoms with Crippen LogP contribution in [0.5, 0.6) is 0 Å². The summed E-state index contributed by atoms with van der Waals surface area (Å²) in [6, 6.07) is 2.33. The zero-order valence-corrected chi connectivity index (χ0v) is 15.7. The maximum absolute atomic E-state index is 6.79. The van der Waals surface area contributed by atoms with E-state index < -0.39 is 0 Å². The molecule has 4 N–H and O–H groups in total. The Bertz CT molecular complexity index is 550. The molecule has 3 rings (SSSR count). The van der Waals surface area contributed by atoms with Gasteiger partial charge in [0.2, 0.25) is 0 Å².